The van der Waals surface area contributed by atoms with Gasteiger partial charge in [-0.05, 0) is 36.2 Å². The van der Waals surface area contributed by atoms with E-state index < -0.39 is 5.92 Å². The number of aromatic amines is 1. The van der Waals surface area contributed by atoms with E-state index >= 15 is 0 Å². The van der Waals surface area contributed by atoms with Crippen molar-refractivity contribution >= 4 is 28.5 Å². The van der Waals surface area contributed by atoms with Crippen molar-refractivity contribution < 1.29 is 9.53 Å². The monoisotopic (exact) mass is 325 g/mol. The van der Waals surface area contributed by atoms with E-state index in [9.17, 15) is 9.59 Å². The molecule has 0 fully saturated rings. The maximum absolute atomic E-state index is 12.4. The maximum atomic E-state index is 12.4. The van der Waals surface area contributed by atoms with Gasteiger partial charge in [0.25, 0.3) is 5.56 Å². The molecule has 0 aliphatic carbocycles. The fourth-order valence-electron chi connectivity index (χ4n) is 2.96. The average Bonchev–Trinajstić information content (AvgIpc) is 2.55. The second-order valence-corrected chi connectivity index (χ2v) is 5.97. The molecule has 0 bridgehead atoms. The molecular weight excluding hydrogens is 314 g/mol. The molecule has 0 amide bonds. The number of H-pyrrole nitrogens is 1. The molecule has 0 saturated carbocycles. The topological polar surface area (TPSA) is 59.2 Å². The molecule has 0 saturated heterocycles. The molecule has 1 aliphatic rings. The van der Waals surface area contributed by atoms with E-state index in [0.717, 1.165) is 10.9 Å². The Morgan fingerprint density at radius 1 is 1.04 bits per heavy atom. The number of para-hydroxylation sites is 1. The number of ether oxygens (including phenoxy) is 1. The van der Waals surface area contributed by atoms with Crippen molar-refractivity contribution in [3.63, 3.8) is 0 Å². The van der Waals surface area contributed by atoms with Crippen molar-refractivity contribution in [1.29, 1.82) is 0 Å². The molecule has 1 aromatic heterocycles. The number of pyridine rings is 1. The quantitative estimate of drug-likeness (QED) is 0.697. The molecule has 5 heteroatoms. The van der Waals surface area contributed by atoms with Crippen LogP contribution in [0.15, 0.2) is 53.3 Å². The van der Waals surface area contributed by atoms with Crippen molar-refractivity contribution in [2.24, 2.45) is 0 Å². The first-order valence-corrected chi connectivity index (χ1v) is 7.62. The lowest BCUT2D eigenvalue weighted by Crippen LogP contribution is -2.30. The van der Waals surface area contributed by atoms with E-state index in [0.29, 0.717) is 28.3 Å². The van der Waals surface area contributed by atoms with Crippen LogP contribution in [-0.4, -0.2) is 11.0 Å². The molecule has 3 aromatic rings. The standard InChI is InChI=1S/C18H12ClNO3/c19-11-7-5-10(6-8-11)13-9-14-16(23-18(13)22)12-3-1-2-4-15(12)20-17(14)21/h1-8,13H,9H2,(H,20,21). The highest BCUT2D eigenvalue weighted by atomic mass is 35.5. The predicted octanol–water partition coefficient (Wildman–Crippen LogP) is 3.43. The molecule has 1 atom stereocenters. The van der Waals surface area contributed by atoms with Crippen LogP contribution in [0, 0.1) is 0 Å². The van der Waals surface area contributed by atoms with Gasteiger partial charge in [0.2, 0.25) is 0 Å². The first kappa shape index (κ1) is 14.0. The van der Waals surface area contributed by atoms with Gasteiger partial charge in [0.05, 0.1) is 17.0 Å². The Morgan fingerprint density at radius 2 is 1.78 bits per heavy atom. The zero-order valence-electron chi connectivity index (χ0n) is 12.0. The molecule has 1 aliphatic heterocycles. The summed E-state index contributed by atoms with van der Waals surface area (Å²) in [6.07, 6.45) is 0.315. The predicted molar refractivity (Wildman–Crippen MR) is 88.1 cm³/mol. The minimum absolute atomic E-state index is 0.217. The third-order valence-corrected chi connectivity index (χ3v) is 4.39. The summed E-state index contributed by atoms with van der Waals surface area (Å²) in [6.45, 7) is 0. The summed E-state index contributed by atoms with van der Waals surface area (Å²) in [5, 5.41) is 1.34. The van der Waals surface area contributed by atoms with Crippen LogP contribution in [0.25, 0.3) is 10.9 Å². The highest BCUT2D eigenvalue weighted by molar-refractivity contribution is 6.30. The molecule has 23 heavy (non-hydrogen) atoms. The van der Waals surface area contributed by atoms with E-state index in [2.05, 4.69) is 4.98 Å². The number of aromatic nitrogens is 1. The van der Waals surface area contributed by atoms with E-state index in [1.54, 1.807) is 30.3 Å². The normalized spacial score (nSPS) is 16.9. The van der Waals surface area contributed by atoms with Gasteiger partial charge in [0.15, 0.2) is 0 Å². The summed E-state index contributed by atoms with van der Waals surface area (Å²) in [5.41, 5.74) is 1.74. The Kier molecular flexibility index (Phi) is 3.20. The van der Waals surface area contributed by atoms with E-state index in [-0.39, 0.29) is 11.5 Å². The van der Waals surface area contributed by atoms with Gasteiger partial charge in [-0.1, -0.05) is 35.9 Å². The van der Waals surface area contributed by atoms with Crippen LogP contribution >= 0.6 is 11.6 Å². The van der Waals surface area contributed by atoms with E-state index in [4.69, 9.17) is 16.3 Å². The van der Waals surface area contributed by atoms with Gasteiger partial charge in [-0.25, -0.2) is 0 Å². The van der Waals surface area contributed by atoms with Gasteiger partial charge in [-0.15, -0.1) is 0 Å². The Hall–Kier alpha value is -2.59. The number of carbonyl (C=O) groups excluding carboxylic acids is 1. The van der Waals surface area contributed by atoms with Crippen LogP contribution < -0.4 is 10.3 Å². The average molecular weight is 326 g/mol. The second kappa shape index (κ2) is 5.25. The van der Waals surface area contributed by atoms with Crippen LogP contribution in [0.5, 0.6) is 5.75 Å². The minimum Gasteiger partial charge on any atom is -0.425 e. The Balaban J connectivity index is 1.85. The lowest BCUT2D eigenvalue weighted by Gasteiger charge is -2.24. The number of fused-ring (bicyclic) bond motifs is 3. The van der Waals surface area contributed by atoms with Gasteiger partial charge in [-0.2, -0.15) is 0 Å². The first-order valence-electron chi connectivity index (χ1n) is 7.24. The maximum Gasteiger partial charge on any atom is 0.319 e. The zero-order chi connectivity index (χ0) is 16.0. The lowest BCUT2D eigenvalue weighted by molar-refractivity contribution is -0.137. The number of hydrogen-bond donors (Lipinski definition) is 1. The summed E-state index contributed by atoms with van der Waals surface area (Å²) in [5.74, 6) is -0.475. The highest BCUT2D eigenvalue weighted by Crippen LogP contribution is 2.35. The van der Waals surface area contributed by atoms with Crippen LogP contribution in [-0.2, 0) is 11.2 Å². The summed E-state index contributed by atoms with van der Waals surface area (Å²) >= 11 is 5.89. The highest BCUT2D eigenvalue weighted by Gasteiger charge is 2.32. The number of rotatable bonds is 1. The van der Waals surface area contributed by atoms with Gasteiger partial charge in [-0.3, -0.25) is 9.59 Å². The molecule has 2 heterocycles. The Bertz CT molecular complexity index is 976. The zero-order valence-corrected chi connectivity index (χ0v) is 12.8. The number of esters is 1. The fraction of sp³-hybridized carbons (Fsp3) is 0.111. The third kappa shape index (κ3) is 2.32. The van der Waals surface area contributed by atoms with Crippen LogP contribution in [0.1, 0.15) is 17.0 Å². The third-order valence-electron chi connectivity index (χ3n) is 4.14. The van der Waals surface area contributed by atoms with Crippen molar-refractivity contribution in [3.8, 4) is 5.75 Å². The van der Waals surface area contributed by atoms with E-state index in [1.807, 2.05) is 18.2 Å². The molecule has 0 spiro atoms. The largest absolute Gasteiger partial charge is 0.425 e. The van der Waals surface area contributed by atoms with Gasteiger partial charge < -0.3 is 9.72 Å². The molecule has 1 N–H and O–H groups in total. The second-order valence-electron chi connectivity index (χ2n) is 5.54. The number of benzene rings is 2. The number of halogens is 1. The smallest absolute Gasteiger partial charge is 0.319 e. The number of nitrogens with one attached hydrogen (secondary N) is 1. The molecule has 114 valence electrons. The van der Waals surface area contributed by atoms with Crippen molar-refractivity contribution in [3.05, 3.63) is 75.0 Å². The van der Waals surface area contributed by atoms with Crippen LogP contribution in [0.2, 0.25) is 5.02 Å². The van der Waals surface area contributed by atoms with Crippen molar-refractivity contribution in [2.45, 2.75) is 12.3 Å². The molecular formula is C18H12ClNO3. The first-order chi connectivity index (χ1) is 11.1. The van der Waals surface area contributed by atoms with Gasteiger partial charge in [0, 0.05) is 10.4 Å². The fourth-order valence-corrected chi connectivity index (χ4v) is 3.09. The molecule has 4 nitrogen and oxygen atoms in total. The number of hydrogen-bond acceptors (Lipinski definition) is 3. The molecule has 1 unspecified atom stereocenters. The van der Waals surface area contributed by atoms with Crippen molar-refractivity contribution in [1.82, 2.24) is 4.98 Å². The SMILES string of the molecule is O=C1Oc2c(c(=O)[nH]c3ccccc23)CC1c1ccc(Cl)cc1. The molecule has 0 radical (unpaired) electrons. The van der Waals surface area contributed by atoms with Crippen LogP contribution in [0.4, 0.5) is 0 Å². The van der Waals surface area contributed by atoms with E-state index in [1.165, 1.54) is 0 Å². The Morgan fingerprint density at radius 3 is 2.57 bits per heavy atom. The van der Waals surface area contributed by atoms with Gasteiger partial charge >= 0.3 is 5.97 Å². The summed E-state index contributed by atoms with van der Waals surface area (Å²) in [6, 6.07) is 14.3. The number of carbonyl (C=O) groups is 1. The summed E-state index contributed by atoms with van der Waals surface area (Å²) in [4.78, 5) is 27.6. The van der Waals surface area contributed by atoms with Crippen molar-refractivity contribution in [2.75, 3.05) is 0 Å². The summed E-state index contributed by atoms with van der Waals surface area (Å²) < 4.78 is 5.53. The Labute approximate surface area is 136 Å². The minimum atomic E-state index is -0.498. The van der Waals surface area contributed by atoms with Crippen LogP contribution in [0.3, 0.4) is 0 Å². The van der Waals surface area contributed by atoms with Gasteiger partial charge in [0.1, 0.15) is 5.75 Å². The summed E-state index contributed by atoms with van der Waals surface area (Å²) in [7, 11) is 0. The molecule has 2 aromatic carbocycles. The lowest BCUT2D eigenvalue weighted by atomic mass is 9.89. The molecule has 4 rings (SSSR count).